The van der Waals surface area contributed by atoms with Crippen molar-refractivity contribution in [3.63, 3.8) is 0 Å². The molecular weight excluding hydrogens is 306 g/mol. The lowest BCUT2D eigenvalue weighted by atomic mass is 10.1. The highest BCUT2D eigenvalue weighted by Crippen LogP contribution is 2.33. The number of rotatable bonds is 5. The number of carbonyl (C=O) groups excluding carboxylic acids is 1. The third-order valence-electron chi connectivity index (χ3n) is 3.55. The topological polar surface area (TPSA) is 79.0 Å². The molecule has 0 radical (unpaired) electrons. The standard InChI is InChI=1S/C14H21N3O4S/c1-10-14(18)17(4)12-9-11(5-6-13(12)21-10)7-8-15-22(19,20)16(2)3/h5-6,9-10,15H,7-8H2,1-4H3. The summed E-state index contributed by atoms with van der Waals surface area (Å²) in [7, 11) is 1.23. The molecule has 7 nitrogen and oxygen atoms in total. The molecule has 1 N–H and O–H groups in total. The third kappa shape index (κ3) is 3.40. The molecule has 122 valence electrons. The van der Waals surface area contributed by atoms with E-state index in [2.05, 4.69) is 4.72 Å². The summed E-state index contributed by atoms with van der Waals surface area (Å²) in [5.41, 5.74) is 1.63. The molecule has 1 aliphatic rings. The highest BCUT2D eigenvalue weighted by Gasteiger charge is 2.28. The van der Waals surface area contributed by atoms with Crippen molar-refractivity contribution in [2.75, 3.05) is 32.6 Å². The molecule has 0 saturated carbocycles. The summed E-state index contributed by atoms with van der Waals surface area (Å²) >= 11 is 0. The number of hydrogen-bond donors (Lipinski definition) is 1. The van der Waals surface area contributed by atoms with Gasteiger partial charge in [0.2, 0.25) is 0 Å². The molecule has 8 heteroatoms. The Bertz CT molecular complexity index is 673. The molecular formula is C14H21N3O4S. The van der Waals surface area contributed by atoms with Crippen LogP contribution in [0.25, 0.3) is 0 Å². The van der Waals surface area contributed by atoms with Crippen LogP contribution >= 0.6 is 0 Å². The Morgan fingerprint density at radius 1 is 1.36 bits per heavy atom. The fourth-order valence-corrected chi connectivity index (χ4v) is 2.78. The molecule has 1 aromatic carbocycles. The van der Waals surface area contributed by atoms with Gasteiger partial charge in [-0.15, -0.1) is 0 Å². The van der Waals surface area contributed by atoms with Crippen LogP contribution in [0.2, 0.25) is 0 Å². The minimum atomic E-state index is -3.42. The van der Waals surface area contributed by atoms with Crippen LogP contribution in [-0.4, -0.2) is 52.4 Å². The van der Waals surface area contributed by atoms with Crippen molar-refractivity contribution in [1.82, 2.24) is 9.03 Å². The van der Waals surface area contributed by atoms with E-state index in [1.807, 2.05) is 18.2 Å². The number of hydrogen-bond acceptors (Lipinski definition) is 4. The van der Waals surface area contributed by atoms with E-state index in [0.29, 0.717) is 17.9 Å². The summed E-state index contributed by atoms with van der Waals surface area (Å²) in [5, 5.41) is 0. The zero-order valence-electron chi connectivity index (χ0n) is 13.2. The lowest BCUT2D eigenvalue weighted by Crippen LogP contribution is -2.42. The lowest BCUT2D eigenvalue weighted by molar-refractivity contribution is -0.125. The molecule has 1 aromatic rings. The van der Waals surface area contributed by atoms with E-state index in [4.69, 9.17) is 4.74 Å². The maximum absolute atomic E-state index is 11.9. The minimum absolute atomic E-state index is 0.0991. The van der Waals surface area contributed by atoms with Gasteiger partial charge in [-0.2, -0.15) is 12.7 Å². The number of amides is 1. The third-order valence-corrected chi connectivity index (χ3v) is 5.08. The number of nitrogens with zero attached hydrogens (tertiary/aromatic N) is 2. The first kappa shape index (κ1) is 16.7. The molecule has 1 aliphatic heterocycles. The molecule has 22 heavy (non-hydrogen) atoms. The lowest BCUT2D eigenvalue weighted by Gasteiger charge is -2.30. The van der Waals surface area contributed by atoms with E-state index in [1.54, 1.807) is 18.9 Å². The van der Waals surface area contributed by atoms with Crippen LogP contribution in [0.4, 0.5) is 5.69 Å². The molecule has 1 amide bonds. The molecule has 0 saturated heterocycles. The van der Waals surface area contributed by atoms with Gasteiger partial charge in [-0.3, -0.25) is 4.79 Å². The van der Waals surface area contributed by atoms with Gasteiger partial charge >= 0.3 is 0 Å². The van der Waals surface area contributed by atoms with E-state index < -0.39 is 16.3 Å². The van der Waals surface area contributed by atoms with Gasteiger partial charge in [-0.05, 0) is 31.0 Å². The van der Waals surface area contributed by atoms with Crippen molar-refractivity contribution in [1.29, 1.82) is 0 Å². The fraction of sp³-hybridized carbons (Fsp3) is 0.500. The van der Waals surface area contributed by atoms with E-state index in [0.717, 1.165) is 9.87 Å². The van der Waals surface area contributed by atoms with Crippen molar-refractivity contribution in [2.45, 2.75) is 19.4 Å². The molecule has 1 heterocycles. The SMILES string of the molecule is CC1Oc2ccc(CCNS(=O)(=O)N(C)C)cc2N(C)C1=O. The van der Waals surface area contributed by atoms with Gasteiger partial charge in [0.25, 0.3) is 16.1 Å². The first-order valence-electron chi connectivity index (χ1n) is 6.96. The molecule has 1 atom stereocenters. The molecule has 0 aromatic heterocycles. The van der Waals surface area contributed by atoms with Crippen LogP contribution in [0.3, 0.4) is 0 Å². The predicted molar refractivity (Wildman–Crippen MR) is 84.3 cm³/mol. The van der Waals surface area contributed by atoms with Gasteiger partial charge in [0, 0.05) is 27.7 Å². The number of carbonyl (C=O) groups is 1. The van der Waals surface area contributed by atoms with Gasteiger partial charge < -0.3 is 9.64 Å². The zero-order chi connectivity index (χ0) is 16.5. The number of anilines is 1. The van der Waals surface area contributed by atoms with Crippen LogP contribution in [0.5, 0.6) is 5.75 Å². The van der Waals surface area contributed by atoms with Gasteiger partial charge in [-0.25, -0.2) is 4.72 Å². The Balaban J connectivity index is 2.08. The van der Waals surface area contributed by atoms with E-state index >= 15 is 0 Å². The summed E-state index contributed by atoms with van der Waals surface area (Å²) < 4.78 is 32.4. The van der Waals surface area contributed by atoms with Crippen molar-refractivity contribution in [2.24, 2.45) is 0 Å². The smallest absolute Gasteiger partial charge is 0.278 e. The summed E-state index contributed by atoms with van der Waals surface area (Å²) in [6, 6.07) is 5.53. The molecule has 0 bridgehead atoms. The van der Waals surface area contributed by atoms with Gasteiger partial charge in [-0.1, -0.05) is 6.07 Å². The Kier molecular flexibility index (Phi) is 4.74. The average molecular weight is 327 g/mol. The van der Waals surface area contributed by atoms with Crippen LogP contribution in [-0.2, 0) is 21.4 Å². The number of fused-ring (bicyclic) bond motifs is 1. The van der Waals surface area contributed by atoms with Gasteiger partial charge in [0.05, 0.1) is 5.69 Å². The molecule has 1 unspecified atom stereocenters. The largest absolute Gasteiger partial charge is 0.479 e. The Morgan fingerprint density at radius 3 is 2.68 bits per heavy atom. The van der Waals surface area contributed by atoms with Crippen LogP contribution in [0, 0.1) is 0 Å². The molecule has 0 aliphatic carbocycles. The maximum Gasteiger partial charge on any atom is 0.278 e. The number of ether oxygens (including phenoxy) is 1. The zero-order valence-corrected chi connectivity index (χ0v) is 14.0. The normalized spacial score (nSPS) is 18.3. The van der Waals surface area contributed by atoms with Crippen molar-refractivity contribution >= 4 is 21.8 Å². The van der Waals surface area contributed by atoms with E-state index in [9.17, 15) is 13.2 Å². The Morgan fingerprint density at radius 2 is 2.05 bits per heavy atom. The maximum atomic E-state index is 11.9. The Hall–Kier alpha value is -1.64. The first-order chi connectivity index (χ1) is 10.2. The number of likely N-dealkylation sites (N-methyl/N-ethyl adjacent to an activating group) is 1. The van der Waals surface area contributed by atoms with Gasteiger partial charge in [0.15, 0.2) is 6.10 Å². The number of nitrogens with one attached hydrogen (secondary N) is 1. The average Bonchev–Trinajstić information content (AvgIpc) is 2.45. The first-order valence-corrected chi connectivity index (χ1v) is 8.40. The monoisotopic (exact) mass is 327 g/mol. The quantitative estimate of drug-likeness (QED) is 0.847. The Labute approximate surface area is 131 Å². The van der Waals surface area contributed by atoms with Crippen molar-refractivity contribution in [3.8, 4) is 5.75 Å². The van der Waals surface area contributed by atoms with Crippen LogP contribution < -0.4 is 14.4 Å². The molecule has 2 rings (SSSR count). The minimum Gasteiger partial charge on any atom is -0.479 e. The van der Waals surface area contributed by atoms with Crippen LogP contribution in [0.1, 0.15) is 12.5 Å². The summed E-state index contributed by atoms with van der Waals surface area (Å²) in [6.07, 6.45) is 0.0352. The predicted octanol–water partition coefficient (Wildman–Crippen LogP) is 0.369. The summed E-state index contributed by atoms with van der Waals surface area (Å²) in [4.78, 5) is 13.5. The second-order valence-electron chi connectivity index (χ2n) is 5.39. The molecule has 0 fully saturated rings. The second kappa shape index (κ2) is 6.23. The van der Waals surface area contributed by atoms with Gasteiger partial charge in [0.1, 0.15) is 5.75 Å². The van der Waals surface area contributed by atoms with Crippen molar-refractivity contribution in [3.05, 3.63) is 23.8 Å². The molecule has 0 spiro atoms. The van der Waals surface area contributed by atoms with E-state index in [-0.39, 0.29) is 12.5 Å². The second-order valence-corrected chi connectivity index (χ2v) is 7.36. The summed E-state index contributed by atoms with van der Waals surface area (Å²) in [6.45, 7) is 2.00. The number of benzene rings is 1. The fourth-order valence-electron chi connectivity index (χ4n) is 2.17. The summed E-state index contributed by atoms with van der Waals surface area (Å²) in [5.74, 6) is 0.560. The van der Waals surface area contributed by atoms with Crippen LogP contribution in [0.15, 0.2) is 18.2 Å². The highest BCUT2D eigenvalue weighted by atomic mass is 32.2. The van der Waals surface area contributed by atoms with E-state index in [1.165, 1.54) is 14.1 Å². The van der Waals surface area contributed by atoms with Crippen molar-refractivity contribution < 1.29 is 17.9 Å². The highest BCUT2D eigenvalue weighted by molar-refractivity contribution is 7.87.